The summed E-state index contributed by atoms with van der Waals surface area (Å²) in [7, 11) is 0. The number of benzene rings is 2. The van der Waals surface area contributed by atoms with Gasteiger partial charge in [-0.3, -0.25) is 9.59 Å². The summed E-state index contributed by atoms with van der Waals surface area (Å²) in [5.41, 5.74) is 1.27. The minimum Gasteiger partial charge on any atom is -0.494 e. The van der Waals surface area contributed by atoms with E-state index in [1.165, 1.54) is 89.9 Å². The molecule has 3 rings (SSSR count). The van der Waals surface area contributed by atoms with E-state index in [2.05, 4.69) is 24.5 Å². The van der Waals surface area contributed by atoms with Gasteiger partial charge in [0, 0.05) is 23.2 Å². The fraction of sp³-hybridized carbons (Fsp3) is 0.650. The van der Waals surface area contributed by atoms with Crippen LogP contribution in [0.25, 0.3) is 0 Å². The van der Waals surface area contributed by atoms with Gasteiger partial charge in [-0.1, -0.05) is 104 Å². The van der Waals surface area contributed by atoms with Gasteiger partial charge in [-0.25, -0.2) is 0 Å². The van der Waals surface area contributed by atoms with Gasteiger partial charge in [-0.2, -0.15) is 0 Å². The molecule has 1 aliphatic carbocycles. The third-order valence-electron chi connectivity index (χ3n) is 9.11. The van der Waals surface area contributed by atoms with Gasteiger partial charge in [0.15, 0.2) is 0 Å². The summed E-state index contributed by atoms with van der Waals surface area (Å²) >= 11 is 0. The minimum absolute atomic E-state index is 0.0385. The summed E-state index contributed by atoms with van der Waals surface area (Å²) in [4.78, 5) is 25.9. The molecule has 256 valence electrons. The molecule has 2 amide bonds. The first-order chi connectivity index (χ1) is 22.6. The summed E-state index contributed by atoms with van der Waals surface area (Å²) in [6, 6.07) is 15.0. The molecule has 0 heterocycles. The molecular formula is C40H62N2O4. The van der Waals surface area contributed by atoms with Crippen molar-refractivity contribution < 1.29 is 19.1 Å². The average Bonchev–Trinajstić information content (AvgIpc) is 3.07. The first kappa shape index (κ1) is 37.4. The molecule has 1 aliphatic rings. The van der Waals surface area contributed by atoms with Crippen LogP contribution in [-0.2, 0) is 0 Å². The Bertz CT molecular complexity index is 1000. The largest absolute Gasteiger partial charge is 0.494 e. The van der Waals surface area contributed by atoms with Crippen molar-refractivity contribution >= 4 is 11.8 Å². The van der Waals surface area contributed by atoms with E-state index < -0.39 is 0 Å². The fourth-order valence-corrected chi connectivity index (χ4v) is 6.25. The molecule has 2 aromatic carbocycles. The molecule has 1 fully saturated rings. The van der Waals surface area contributed by atoms with E-state index >= 15 is 0 Å². The number of ether oxygens (including phenoxy) is 2. The topological polar surface area (TPSA) is 76.7 Å². The van der Waals surface area contributed by atoms with Crippen molar-refractivity contribution in [2.24, 2.45) is 0 Å². The Morgan fingerprint density at radius 3 is 1.26 bits per heavy atom. The first-order valence-corrected chi connectivity index (χ1v) is 18.7. The van der Waals surface area contributed by atoms with Crippen molar-refractivity contribution in [3.05, 3.63) is 59.7 Å². The maximum Gasteiger partial charge on any atom is 0.251 e. The highest BCUT2D eigenvalue weighted by molar-refractivity contribution is 5.95. The monoisotopic (exact) mass is 634 g/mol. The van der Waals surface area contributed by atoms with Crippen LogP contribution in [0.4, 0.5) is 0 Å². The zero-order valence-electron chi connectivity index (χ0n) is 29.0. The molecular weight excluding hydrogens is 572 g/mol. The molecule has 0 radical (unpaired) electrons. The van der Waals surface area contributed by atoms with Gasteiger partial charge in [0.2, 0.25) is 0 Å². The molecule has 0 spiro atoms. The molecule has 0 saturated heterocycles. The maximum atomic E-state index is 13.0. The van der Waals surface area contributed by atoms with E-state index in [-0.39, 0.29) is 23.9 Å². The first-order valence-electron chi connectivity index (χ1n) is 18.7. The van der Waals surface area contributed by atoms with Gasteiger partial charge in [-0.15, -0.1) is 0 Å². The molecule has 2 aromatic rings. The molecule has 0 unspecified atom stereocenters. The highest BCUT2D eigenvalue weighted by Crippen LogP contribution is 2.21. The van der Waals surface area contributed by atoms with Crippen LogP contribution >= 0.6 is 0 Å². The molecule has 0 bridgehead atoms. The number of rotatable bonds is 24. The average molecular weight is 635 g/mol. The second kappa shape index (κ2) is 23.3. The third kappa shape index (κ3) is 15.5. The molecule has 2 N–H and O–H groups in total. The van der Waals surface area contributed by atoms with E-state index in [0.29, 0.717) is 24.3 Å². The highest BCUT2D eigenvalue weighted by atomic mass is 16.5. The molecule has 2 atom stereocenters. The molecule has 1 saturated carbocycles. The predicted octanol–water partition coefficient (Wildman–Crippen LogP) is 10.2. The van der Waals surface area contributed by atoms with Crippen molar-refractivity contribution in [2.45, 2.75) is 154 Å². The second-order valence-corrected chi connectivity index (χ2v) is 13.2. The van der Waals surface area contributed by atoms with Crippen molar-refractivity contribution in [1.82, 2.24) is 10.6 Å². The number of hydrogen-bond acceptors (Lipinski definition) is 4. The minimum atomic E-state index is -0.0748. The van der Waals surface area contributed by atoms with Crippen LogP contribution in [0, 0.1) is 0 Å². The predicted molar refractivity (Wildman–Crippen MR) is 190 cm³/mol. The van der Waals surface area contributed by atoms with Crippen LogP contribution in [-0.4, -0.2) is 37.1 Å². The second-order valence-electron chi connectivity index (χ2n) is 13.2. The van der Waals surface area contributed by atoms with E-state index in [9.17, 15) is 9.59 Å². The normalized spacial score (nSPS) is 16.1. The maximum absolute atomic E-state index is 13.0. The van der Waals surface area contributed by atoms with Crippen molar-refractivity contribution in [3.63, 3.8) is 0 Å². The van der Waals surface area contributed by atoms with E-state index in [1.54, 1.807) is 0 Å². The third-order valence-corrected chi connectivity index (χ3v) is 9.11. The van der Waals surface area contributed by atoms with Crippen LogP contribution in [0.1, 0.15) is 163 Å². The zero-order chi connectivity index (χ0) is 32.7. The highest BCUT2D eigenvalue weighted by Gasteiger charge is 2.25. The number of unbranched alkanes of at least 4 members (excludes halogenated alkanes) is 14. The van der Waals surface area contributed by atoms with Crippen molar-refractivity contribution in [1.29, 1.82) is 0 Å². The fourth-order valence-electron chi connectivity index (χ4n) is 6.25. The molecule has 0 aromatic heterocycles. The van der Waals surface area contributed by atoms with Crippen LogP contribution in [0.15, 0.2) is 48.5 Å². The number of amides is 2. The summed E-state index contributed by atoms with van der Waals surface area (Å²) in [6.07, 6.45) is 24.0. The number of carbonyl (C=O) groups is 2. The molecule has 6 heteroatoms. The summed E-state index contributed by atoms with van der Waals surface area (Å²) in [6.45, 7) is 5.93. The summed E-state index contributed by atoms with van der Waals surface area (Å²) in [5.74, 6) is 1.47. The standard InChI is InChI=1S/C40H62N2O4/c1-3-5-7-9-11-13-15-17-30-45-37-26-22-33(23-27-37)39(43)41-35-20-19-21-36(32-35)42-40(44)34-24-28-38(29-25-34)46-31-18-16-14-12-10-8-6-4-2/h22-29,35-36H,3-21,30-32H2,1-2H3,(H,41,43)(H,42,44)/t35-,36+. The molecule has 46 heavy (non-hydrogen) atoms. The Balaban J connectivity index is 1.30. The smallest absolute Gasteiger partial charge is 0.251 e. The number of nitrogens with one attached hydrogen (secondary N) is 2. The van der Waals surface area contributed by atoms with Gasteiger partial charge in [0.25, 0.3) is 11.8 Å². The van der Waals surface area contributed by atoms with Gasteiger partial charge in [0.05, 0.1) is 13.2 Å². The van der Waals surface area contributed by atoms with Gasteiger partial charge in [-0.05, 0) is 87.1 Å². The quantitative estimate of drug-likeness (QED) is 0.113. The number of hydrogen-bond donors (Lipinski definition) is 2. The molecule has 0 aliphatic heterocycles. The van der Waals surface area contributed by atoms with Crippen LogP contribution in [0.3, 0.4) is 0 Å². The Labute approximate surface area is 279 Å². The van der Waals surface area contributed by atoms with Crippen LogP contribution < -0.4 is 20.1 Å². The lowest BCUT2D eigenvalue weighted by Gasteiger charge is -2.30. The summed E-state index contributed by atoms with van der Waals surface area (Å²) < 4.78 is 11.8. The van der Waals surface area contributed by atoms with Crippen molar-refractivity contribution in [3.8, 4) is 11.5 Å². The van der Waals surface area contributed by atoms with Crippen molar-refractivity contribution in [2.75, 3.05) is 13.2 Å². The van der Waals surface area contributed by atoms with E-state index in [4.69, 9.17) is 9.47 Å². The Kier molecular flexibility index (Phi) is 19.0. The zero-order valence-corrected chi connectivity index (χ0v) is 29.0. The lowest BCUT2D eigenvalue weighted by molar-refractivity contribution is 0.0903. The lowest BCUT2D eigenvalue weighted by atomic mass is 9.90. The van der Waals surface area contributed by atoms with Crippen LogP contribution in [0.5, 0.6) is 11.5 Å². The SMILES string of the molecule is CCCCCCCCCCOc1ccc(C(=O)N[C@@H]2CCC[C@H](NC(=O)c3ccc(OCCCCCCCCCC)cc3)C2)cc1. The Morgan fingerprint density at radius 2 is 0.891 bits per heavy atom. The van der Waals surface area contributed by atoms with E-state index in [1.807, 2.05) is 48.5 Å². The van der Waals surface area contributed by atoms with E-state index in [0.717, 1.165) is 50.0 Å². The van der Waals surface area contributed by atoms with Crippen LogP contribution in [0.2, 0.25) is 0 Å². The number of carbonyl (C=O) groups excluding carboxylic acids is 2. The Morgan fingerprint density at radius 1 is 0.543 bits per heavy atom. The lowest BCUT2D eigenvalue weighted by Crippen LogP contribution is -2.45. The summed E-state index contributed by atoms with van der Waals surface area (Å²) in [5, 5.41) is 6.37. The molecule has 6 nitrogen and oxygen atoms in total. The Hall–Kier alpha value is -3.02. The van der Waals surface area contributed by atoms with Gasteiger partial charge >= 0.3 is 0 Å². The van der Waals surface area contributed by atoms with Gasteiger partial charge in [0.1, 0.15) is 11.5 Å². The van der Waals surface area contributed by atoms with Gasteiger partial charge < -0.3 is 20.1 Å².